The van der Waals surface area contributed by atoms with Gasteiger partial charge in [0.25, 0.3) is 0 Å². The number of rotatable bonds is 2. The SMILES string of the molecule is Cc1ccc(N=[N+]=[N-])c(-c2ccc[n+](C)c2)c1. The Morgan fingerprint density at radius 1 is 1.29 bits per heavy atom. The lowest BCUT2D eigenvalue weighted by molar-refractivity contribution is -0.671. The van der Waals surface area contributed by atoms with E-state index in [-0.39, 0.29) is 0 Å². The fourth-order valence-electron chi connectivity index (χ4n) is 1.76. The standard InChI is InChI=1S/C13H13N4/c1-10-5-6-13(15-16-14)12(8-10)11-4-3-7-17(2)9-11/h3-9H,1-2H3/q+1. The maximum atomic E-state index is 8.57. The topological polar surface area (TPSA) is 52.6 Å². The zero-order valence-corrected chi connectivity index (χ0v) is 9.83. The van der Waals surface area contributed by atoms with Crippen LogP contribution in [-0.2, 0) is 7.05 Å². The molecule has 0 spiro atoms. The van der Waals surface area contributed by atoms with Gasteiger partial charge in [0.05, 0.1) is 0 Å². The maximum Gasteiger partial charge on any atom is 0.176 e. The number of hydrogen-bond donors (Lipinski definition) is 0. The van der Waals surface area contributed by atoms with Crippen LogP contribution in [0.3, 0.4) is 0 Å². The largest absolute Gasteiger partial charge is 0.207 e. The maximum absolute atomic E-state index is 8.57. The molecular formula is C13H13N4+. The van der Waals surface area contributed by atoms with Gasteiger partial charge in [-0.15, -0.1) is 0 Å². The van der Waals surface area contributed by atoms with Crippen molar-refractivity contribution in [3.05, 3.63) is 58.7 Å². The van der Waals surface area contributed by atoms with Crippen LogP contribution in [0.25, 0.3) is 21.6 Å². The van der Waals surface area contributed by atoms with Crippen molar-refractivity contribution < 1.29 is 4.57 Å². The third-order valence-electron chi connectivity index (χ3n) is 2.56. The van der Waals surface area contributed by atoms with Gasteiger partial charge < -0.3 is 0 Å². The van der Waals surface area contributed by atoms with Crippen LogP contribution in [0.5, 0.6) is 0 Å². The van der Waals surface area contributed by atoms with Crippen molar-refractivity contribution >= 4 is 5.69 Å². The second kappa shape index (κ2) is 4.68. The number of aromatic nitrogens is 1. The number of pyridine rings is 1. The van der Waals surface area contributed by atoms with Crippen molar-refractivity contribution in [1.29, 1.82) is 0 Å². The fourth-order valence-corrected chi connectivity index (χ4v) is 1.76. The van der Waals surface area contributed by atoms with Gasteiger partial charge in [0.2, 0.25) is 0 Å². The summed E-state index contributed by atoms with van der Waals surface area (Å²) < 4.78 is 1.97. The van der Waals surface area contributed by atoms with Gasteiger partial charge >= 0.3 is 0 Å². The lowest BCUT2D eigenvalue weighted by atomic mass is 10.0. The fraction of sp³-hybridized carbons (Fsp3) is 0.154. The molecular weight excluding hydrogens is 212 g/mol. The molecule has 0 atom stereocenters. The number of aryl methyl sites for hydroxylation is 2. The molecule has 17 heavy (non-hydrogen) atoms. The summed E-state index contributed by atoms with van der Waals surface area (Å²) in [6.07, 6.45) is 3.97. The van der Waals surface area contributed by atoms with Crippen LogP contribution < -0.4 is 4.57 Å². The Labute approximate surface area is 99.8 Å². The smallest absolute Gasteiger partial charge is 0.176 e. The lowest BCUT2D eigenvalue weighted by Crippen LogP contribution is -2.26. The molecule has 0 amide bonds. The van der Waals surface area contributed by atoms with Crippen LogP contribution in [0.2, 0.25) is 0 Å². The summed E-state index contributed by atoms with van der Waals surface area (Å²) in [6.45, 7) is 2.02. The van der Waals surface area contributed by atoms with E-state index >= 15 is 0 Å². The summed E-state index contributed by atoms with van der Waals surface area (Å²) in [6, 6.07) is 9.79. The van der Waals surface area contributed by atoms with Crippen LogP contribution in [-0.4, -0.2) is 0 Å². The number of azide groups is 1. The third-order valence-corrected chi connectivity index (χ3v) is 2.56. The molecule has 1 aromatic carbocycles. The zero-order chi connectivity index (χ0) is 12.3. The molecule has 0 aliphatic heterocycles. The third kappa shape index (κ3) is 2.44. The molecule has 4 heteroatoms. The highest BCUT2D eigenvalue weighted by Gasteiger charge is 2.07. The van der Waals surface area contributed by atoms with E-state index in [2.05, 4.69) is 10.0 Å². The van der Waals surface area contributed by atoms with Gasteiger partial charge in [0, 0.05) is 22.2 Å². The Hall–Kier alpha value is -2.32. The van der Waals surface area contributed by atoms with Crippen molar-refractivity contribution in [2.24, 2.45) is 12.2 Å². The van der Waals surface area contributed by atoms with Crippen molar-refractivity contribution in [3.63, 3.8) is 0 Å². The van der Waals surface area contributed by atoms with E-state index in [0.717, 1.165) is 16.7 Å². The highest BCUT2D eigenvalue weighted by molar-refractivity contribution is 5.75. The van der Waals surface area contributed by atoms with E-state index in [1.54, 1.807) is 0 Å². The average Bonchev–Trinajstić information content (AvgIpc) is 2.32. The first-order chi connectivity index (χ1) is 8.20. The highest BCUT2D eigenvalue weighted by atomic mass is 15.1. The molecule has 4 nitrogen and oxygen atoms in total. The molecule has 1 heterocycles. The molecule has 0 aliphatic carbocycles. The van der Waals surface area contributed by atoms with Gasteiger partial charge in [-0.2, -0.15) is 0 Å². The molecule has 0 saturated carbocycles. The molecule has 2 aromatic rings. The molecule has 0 radical (unpaired) electrons. The molecule has 2 rings (SSSR count). The minimum absolute atomic E-state index is 0.657. The zero-order valence-electron chi connectivity index (χ0n) is 9.83. The molecule has 0 bridgehead atoms. The van der Waals surface area contributed by atoms with Crippen molar-refractivity contribution in [3.8, 4) is 11.1 Å². The Bertz CT molecular complexity index is 598. The Balaban J connectivity index is 2.64. The average molecular weight is 225 g/mol. The Morgan fingerprint density at radius 2 is 2.12 bits per heavy atom. The molecule has 84 valence electrons. The van der Waals surface area contributed by atoms with E-state index in [9.17, 15) is 0 Å². The molecule has 0 aliphatic rings. The predicted octanol–water partition coefficient (Wildman–Crippen LogP) is 3.43. The normalized spacial score (nSPS) is 9.76. The first-order valence-corrected chi connectivity index (χ1v) is 5.32. The summed E-state index contributed by atoms with van der Waals surface area (Å²) >= 11 is 0. The van der Waals surface area contributed by atoms with Crippen molar-refractivity contribution in [2.75, 3.05) is 0 Å². The monoisotopic (exact) mass is 225 g/mol. The van der Waals surface area contributed by atoms with E-state index in [1.807, 2.05) is 61.3 Å². The summed E-state index contributed by atoms with van der Waals surface area (Å²) in [7, 11) is 1.96. The minimum Gasteiger partial charge on any atom is -0.207 e. The Morgan fingerprint density at radius 3 is 2.82 bits per heavy atom. The highest BCUT2D eigenvalue weighted by Crippen LogP contribution is 2.30. The summed E-state index contributed by atoms with van der Waals surface area (Å²) in [5.41, 5.74) is 12.4. The molecule has 0 N–H and O–H groups in total. The van der Waals surface area contributed by atoms with E-state index in [0.29, 0.717) is 5.69 Å². The van der Waals surface area contributed by atoms with Gasteiger partial charge in [0.1, 0.15) is 7.05 Å². The lowest BCUT2D eigenvalue weighted by Gasteiger charge is -2.05. The number of hydrogen-bond acceptors (Lipinski definition) is 1. The van der Waals surface area contributed by atoms with Crippen molar-refractivity contribution in [1.82, 2.24) is 0 Å². The number of benzene rings is 1. The van der Waals surface area contributed by atoms with Crippen LogP contribution in [0.15, 0.2) is 47.8 Å². The first kappa shape index (κ1) is 11.2. The molecule has 0 saturated heterocycles. The first-order valence-electron chi connectivity index (χ1n) is 5.32. The van der Waals surface area contributed by atoms with Crippen molar-refractivity contribution in [2.45, 2.75) is 6.92 Å². The summed E-state index contributed by atoms with van der Waals surface area (Å²) in [5.74, 6) is 0. The number of nitrogens with zero attached hydrogens (tertiary/aromatic N) is 4. The minimum atomic E-state index is 0.657. The van der Waals surface area contributed by atoms with Gasteiger partial charge in [-0.25, -0.2) is 4.57 Å². The van der Waals surface area contributed by atoms with Crippen LogP contribution >= 0.6 is 0 Å². The van der Waals surface area contributed by atoms with Gasteiger partial charge in [-0.1, -0.05) is 28.9 Å². The van der Waals surface area contributed by atoms with Gasteiger partial charge in [-0.05, 0) is 24.1 Å². The quantitative estimate of drug-likeness (QED) is 0.325. The van der Waals surface area contributed by atoms with E-state index < -0.39 is 0 Å². The van der Waals surface area contributed by atoms with Crippen LogP contribution in [0, 0.1) is 6.92 Å². The summed E-state index contributed by atoms with van der Waals surface area (Å²) in [4.78, 5) is 2.86. The van der Waals surface area contributed by atoms with Gasteiger partial charge in [-0.3, -0.25) is 0 Å². The van der Waals surface area contributed by atoms with Crippen LogP contribution in [0.1, 0.15) is 5.56 Å². The summed E-state index contributed by atoms with van der Waals surface area (Å²) in [5, 5.41) is 3.73. The Kier molecular flexibility index (Phi) is 3.08. The second-order valence-corrected chi connectivity index (χ2v) is 3.97. The van der Waals surface area contributed by atoms with E-state index in [4.69, 9.17) is 5.53 Å². The van der Waals surface area contributed by atoms with Crippen LogP contribution in [0.4, 0.5) is 5.69 Å². The molecule has 0 unspecified atom stereocenters. The predicted molar refractivity (Wildman–Crippen MR) is 66.6 cm³/mol. The van der Waals surface area contributed by atoms with E-state index in [1.165, 1.54) is 0 Å². The molecule has 1 aromatic heterocycles. The van der Waals surface area contributed by atoms with Gasteiger partial charge in [0.15, 0.2) is 12.4 Å². The second-order valence-electron chi connectivity index (χ2n) is 3.97. The molecule has 0 fully saturated rings.